The van der Waals surface area contributed by atoms with Crippen molar-refractivity contribution >= 4 is 22.0 Å². The summed E-state index contributed by atoms with van der Waals surface area (Å²) in [5.41, 5.74) is -0.408. The second-order valence-corrected chi connectivity index (χ2v) is 3.55. The van der Waals surface area contributed by atoms with Crippen LogP contribution < -0.4 is 0 Å². The Balaban J connectivity index is 3.18. The van der Waals surface area contributed by atoms with E-state index in [9.17, 15) is 13.2 Å². The smallest absolute Gasteiger partial charge is 0.193 e. The average Bonchev–Trinajstić information content (AvgIpc) is 2.15. The van der Waals surface area contributed by atoms with Crippen LogP contribution in [0, 0.1) is 11.3 Å². The van der Waals surface area contributed by atoms with Gasteiger partial charge in [0, 0.05) is 10.5 Å². The Hall–Kier alpha value is -1.28. The molecule has 0 N–H and O–H groups in total. The number of alkyl halides is 3. The molecule has 0 bridgehead atoms. The van der Waals surface area contributed by atoms with Crippen molar-refractivity contribution in [3.63, 3.8) is 0 Å². The maximum Gasteiger partial charge on any atom is 0.417 e. The summed E-state index contributed by atoms with van der Waals surface area (Å²) in [5.74, 6) is 0. The molecule has 1 nitrogen and oxygen atoms in total. The highest BCUT2D eigenvalue weighted by Crippen LogP contribution is 2.35. The first-order chi connectivity index (χ1) is 6.95. The topological polar surface area (TPSA) is 23.8 Å². The van der Waals surface area contributed by atoms with Crippen LogP contribution in [0.4, 0.5) is 13.2 Å². The number of halogens is 4. The highest BCUT2D eigenvalue weighted by atomic mass is 79.9. The first-order valence-electron chi connectivity index (χ1n) is 3.88. The second kappa shape index (κ2) is 4.49. The van der Waals surface area contributed by atoms with Crippen LogP contribution in [0.2, 0.25) is 0 Å². The van der Waals surface area contributed by atoms with E-state index in [2.05, 4.69) is 15.9 Å². The summed E-state index contributed by atoms with van der Waals surface area (Å²) in [6.45, 7) is 0. The summed E-state index contributed by atoms with van der Waals surface area (Å²) in [5, 5.41) is 8.24. The first kappa shape index (κ1) is 11.8. The Kier molecular flexibility index (Phi) is 3.53. The molecule has 0 heterocycles. The molecule has 0 saturated carbocycles. The molecule has 78 valence electrons. The van der Waals surface area contributed by atoms with Crippen LogP contribution in [0.1, 0.15) is 11.1 Å². The van der Waals surface area contributed by atoms with E-state index in [4.69, 9.17) is 5.26 Å². The SMILES string of the molecule is N#CC=Cc1ccc(Br)c(C(F)(F)F)c1. The van der Waals surface area contributed by atoms with Crippen LogP contribution in [-0.2, 0) is 6.18 Å². The Bertz CT molecular complexity index is 429. The summed E-state index contributed by atoms with van der Waals surface area (Å²) in [4.78, 5) is 0. The molecule has 0 aliphatic heterocycles. The van der Waals surface area contributed by atoms with E-state index in [-0.39, 0.29) is 4.47 Å². The fraction of sp³-hybridized carbons (Fsp3) is 0.100. The maximum absolute atomic E-state index is 12.4. The van der Waals surface area contributed by atoms with Crippen molar-refractivity contribution in [2.45, 2.75) is 6.18 Å². The normalized spacial score (nSPS) is 11.7. The minimum Gasteiger partial charge on any atom is -0.193 e. The van der Waals surface area contributed by atoms with Gasteiger partial charge < -0.3 is 0 Å². The molecule has 0 unspecified atom stereocenters. The van der Waals surface area contributed by atoms with E-state index >= 15 is 0 Å². The number of nitrogens with zero attached hydrogens (tertiary/aromatic N) is 1. The van der Waals surface area contributed by atoms with Gasteiger partial charge in [0.15, 0.2) is 0 Å². The molecule has 15 heavy (non-hydrogen) atoms. The molecule has 1 rings (SSSR count). The maximum atomic E-state index is 12.4. The molecule has 1 aromatic rings. The Morgan fingerprint density at radius 3 is 2.53 bits per heavy atom. The van der Waals surface area contributed by atoms with Crippen LogP contribution in [0.25, 0.3) is 6.08 Å². The monoisotopic (exact) mass is 275 g/mol. The Morgan fingerprint density at radius 2 is 2.00 bits per heavy atom. The molecule has 0 amide bonds. The van der Waals surface area contributed by atoms with E-state index in [0.29, 0.717) is 5.56 Å². The molecule has 0 fully saturated rings. The lowest BCUT2D eigenvalue weighted by molar-refractivity contribution is -0.138. The lowest BCUT2D eigenvalue weighted by Crippen LogP contribution is -2.06. The van der Waals surface area contributed by atoms with Gasteiger partial charge in [-0.05, 0) is 23.8 Å². The number of rotatable bonds is 1. The van der Waals surface area contributed by atoms with Gasteiger partial charge in [-0.25, -0.2) is 0 Å². The summed E-state index contributed by atoms with van der Waals surface area (Å²) in [6, 6.07) is 5.50. The van der Waals surface area contributed by atoms with Crippen molar-refractivity contribution in [2.24, 2.45) is 0 Å². The van der Waals surface area contributed by atoms with E-state index in [1.807, 2.05) is 0 Å². The molecule has 1 aromatic carbocycles. The fourth-order valence-electron chi connectivity index (χ4n) is 0.997. The van der Waals surface area contributed by atoms with Crippen molar-refractivity contribution in [1.29, 1.82) is 5.26 Å². The van der Waals surface area contributed by atoms with E-state index in [0.717, 1.165) is 12.1 Å². The predicted molar refractivity (Wildman–Crippen MR) is 53.8 cm³/mol. The molecule has 0 aliphatic rings. The minimum atomic E-state index is -4.39. The van der Waals surface area contributed by atoms with Crippen molar-refractivity contribution in [3.8, 4) is 6.07 Å². The molecule has 0 aliphatic carbocycles. The summed E-state index contributed by atoms with van der Waals surface area (Å²) >= 11 is 2.83. The van der Waals surface area contributed by atoms with Crippen molar-refractivity contribution in [3.05, 3.63) is 39.9 Å². The Morgan fingerprint density at radius 1 is 1.33 bits per heavy atom. The zero-order valence-corrected chi connectivity index (χ0v) is 8.93. The molecule has 5 heteroatoms. The third-order valence-corrected chi connectivity index (χ3v) is 2.34. The largest absolute Gasteiger partial charge is 0.417 e. The van der Waals surface area contributed by atoms with Crippen LogP contribution in [-0.4, -0.2) is 0 Å². The van der Waals surface area contributed by atoms with Crippen LogP contribution >= 0.6 is 15.9 Å². The van der Waals surface area contributed by atoms with Crippen molar-refractivity contribution in [2.75, 3.05) is 0 Å². The summed E-state index contributed by atoms with van der Waals surface area (Å²) in [7, 11) is 0. The van der Waals surface area contributed by atoms with Gasteiger partial charge in [-0.3, -0.25) is 0 Å². The summed E-state index contributed by atoms with van der Waals surface area (Å²) in [6.07, 6.45) is -1.94. The molecular weight excluding hydrogens is 271 g/mol. The number of allylic oxidation sites excluding steroid dienone is 1. The highest BCUT2D eigenvalue weighted by Gasteiger charge is 2.32. The van der Waals surface area contributed by atoms with Gasteiger partial charge in [0.1, 0.15) is 0 Å². The molecule has 0 spiro atoms. The van der Waals surface area contributed by atoms with E-state index < -0.39 is 11.7 Å². The van der Waals surface area contributed by atoms with Crippen molar-refractivity contribution in [1.82, 2.24) is 0 Å². The molecular formula is C10H5BrF3N. The van der Waals surface area contributed by atoms with Gasteiger partial charge in [-0.15, -0.1) is 0 Å². The van der Waals surface area contributed by atoms with E-state index in [1.165, 1.54) is 18.2 Å². The zero-order chi connectivity index (χ0) is 11.5. The lowest BCUT2D eigenvalue weighted by Gasteiger charge is -2.09. The standard InChI is InChI=1S/C10H5BrF3N/c11-9-4-3-7(2-1-5-15)6-8(9)10(12,13)14/h1-4,6H. The molecule has 0 aromatic heterocycles. The number of hydrogen-bond donors (Lipinski definition) is 0. The summed E-state index contributed by atoms with van der Waals surface area (Å²) < 4.78 is 37.3. The lowest BCUT2D eigenvalue weighted by atomic mass is 10.1. The third-order valence-electron chi connectivity index (χ3n) is 1.65. The third kappa shape index (κ3) is 3.10. The van der Waals surface area contributed by atoms with Crippen LogP contribution in [0.3, 0.4) is 0 Å². The van der Waals surface area contributed by atoms with Crippen LogP contribution in [0.5, 0.6) is 0 Å². The molecule has 0 saturated heterocycles. The predicted octanol–water partition coefficient (Wildman–Crippen LogP) is 4.00. The zero-order valence-electron chi connectivity index (χ0n) is 7.35. The highest BCUT2D eigenvalue weighted by molar-refractivity contribution is 9.10. The number of benzene rings is 1. The Labute approximate surface area is 93.0 Å². The molecule has 0 atom stereocenters. The van der Waals surface area contributed by atoms with Gasteiger partial charge in [-0.2, -0.15) is 18.4 Å². The van der Waals surface area contributed by atoms with Gasteiger partial charge in [-0.1, -0.05) is 22.0 Å². The fourth-order valence-corrected chi connectivity index (χ4v) is 1.47. The molecule has 0 radical (unpaired) electrons. The van der Waals surface area contributed by atoms with Gasteiger partial charge in [0.2, 0.25) is 0 Å². The second-order valence-electron chi connectivity index (χ2n) is 2.70. The van der Waals surface area contributed by atoms with Gasteiger partial charge >= 0.3 is 6.18 Å². The number of hydrogen-bond acceptors (Lipinski definition) is 1. The van der Waals surface area contributed by atoms with Gasteiger partial charge in [0.05, 0.1) is 11.6 Å². The first-order valence-corrected chi connectivity index (χ1v) is 4.67. The van der Waals surface area contributed by atoms with Crippen LogP contribution in [0.15, 0.2) is 28.7 Å². The average molecular weight is 276 g/mol. The van der Waals surface area contributed by atoms with Gasteiger partial charge in [0.25, 0.3) is 0 Å². The van der Waals surface area contributed by atoms with E-state index in [1.54, 1.807) is 6.07 Å². The minimum absolute atomic E-state index is 0.0101. The number of nitriles is 1. The quantitative estimate of drug-likeness (QED) is 0.711. The van der Waals surface area contributed by atoms with Crippen molar-refractivity contribution < 1.29 is 13.2 Å².